The van der Waals surface area contributed by atoms with E-state index in [1.807, 2.05) is 24.3 Å². The molecular formula is C26H26FN3O4. The van der Waals surface area contributed by atoms with E-state index in [9.17, 15) is 24.2 Å². The molecule has 2 N–H and O–H groups in total. The summed E-state index contributed by atoms with van der Waals surface area (Å²) in [5.74, 6) is -1.40. The molecule has 0 amide bonds. The Balaban J connectivity index is 1.71. The van der Waals surface area contributed by atoms with E-state index in [2.05, 4.69) is 5.10 Å². The highest BCUT2D eigenvalue weighted by atomic mass is 19.1. The van der Waals surface area contributed by atoms with Gasteiger partial charge in [0.1, 0.15) is 12.4 Å². The fourth-order valence-corrected chi connectivity index (χ4v) is 4.19. The average Bonchev–Trinajstić information content (AvgIpc) is 3.00. The van der Waals surface area contributed by atoms with Crippen LogP contribution in [0.2, 0.25) is 0 Å². The monoisotopic (exact) mass is 463 g/mol. The molecule has 2 aromatic heterocycles. The van der Waals surface area contributed by atoms with Gasteiger partial charge in [-0.2, -0.15) is 5.10 Å². The van der Waals surface area contributed by atoms with Gasteiger partial charge in [-0.25, -0.2) is 9.07 Å². The standard InChI is InChI=1S/C26H26FN3O4/c1-16-21(22-12-19(27)7-9-23(22)29(16)15-25(32)33)13-20-8-10-24(31)30(28-20)14-17-5-4-6-18(11-17)26(2,3)34/h4-12,34H,13-15H2,1-3H3,(H,32,33). The molecule has 2 heterocycles. The number of halogens is 1. The fourth-order valence-electron chi connectivity index (χ4n) is 4.19. The quantitative estimate of drug-likeness (QED) is 0.437. The molecule has 0 aliphatic carbocycles. The van der Waals surface area contributed by atoms with Gasteiger partial charge in [0.2, 0.25) is 0 Å². The van der Waals surface area contributed by atoms with Gasteiger partial charge in [-0.3, -0.25) is 9.59 Å². The molecule has 176 valence electrons. The predicted octanol–water partition coefficient (Wildman–Crippen LogP) is 3.60. The average molecular weight is 464 g/mol. The summed E-state index contributed by atoms with van der Waals surface area (Å²) in [7, 11) is 0. The lowest BCUT2D eigenvalue weighted by atomic mass is 9.96. The van der Waals surface area contributed by atoms with Gasteiger partial charge in [-0.15, -0.1) is 0 Å². The van der Waals surface area contributed by atoms with Crippen LogP contribution in [0.5, 0.6) is 0 Å². The minimum absolute atomic E-state index is 0.227. The SMILES string of the molecule is Cc1c(Cc2ccc(=O)n(Cc3cccc(C(C)(C)O)c3)n2)c2cc(F)ccc2n1CC(=O)O. The van der Waals surface area contributed by atoms with Gasteiger partial charge in [-0.1, -0.05) is 24.3 Å². The summed E-state index contributed by atoms with van der Waals surface area (Å²) in [6.45, 7) is 5.18. The van der Waals surface area contributed by atoms with E-state index < -0.39 is 17.4 Å². The van der Waals surface area contributed by atoms with Gasteiger partial charge in [0.15, 0.2) is 0 Å². The van der Waals surface area contributed by atoms with E-state index in [0.29, 0.717) is 28.7 Å². The number of aliphatic carboxylic acids is 1. The van der Waals surface area contributed by atoms with Crippen molar-refractivity contribution < 1.29 is 19.4 Å². The Hall–Kier alpha value is -3.78. The highest BCUT2D eigenvalue weighted by Gasteiger charge is 2.18. The Morgan fingerprint density at radius 2 is 1.88 bits per heavy atom. The number of carboxylic acid groups (broad SMARTS) is 1. The molecule has 0 saturated heterocycles. The first-order valence-electron chi connectivity index (χ1n) is 10.9. The van der Waals surface area contributed by atoms with Crippen LogP contribution in [0.1, 0.15) is 41.9 Å². The largest absolute Gasteiger partial charge is 0.480 e. The van der Waals surface area contributed by atoms with Crippen molar-refractivity contribution in [3.63, 3.8) is 0 Å². The van der Waals surface area contributed by atoms with E-state index in [-0.39, 0.29) is 18.6 Å². The smallest absolute Gasteiger partial charge is 0.323 e. The molecule has 0 atom stereocenters. The molecule has 7 nitrogen and oxygen atoms in total. The molecule has 4 rings (SSSR count). The number of carboxylic acids is 1. The van der Waals surface area contributed by atoms with Gasteiger partial charge < -0.3 is 14.8 Å². The van der Waals surface area contributed by atoms with Crippen molar-refractivity contribution in [1.29, 1.82) is 0 Å². The van der Waals surface area contributed by atoms with Gasteiger partial charge in [0.05, 0.1) is 17.8 Å². The second-order valence-electron chi connectivity index (χ2n) is 8.96. The number of rotatable bonds is 7. The zero-order chi connectivity index (χ0) is 24.6. The summed E-state index contributed by atoms with van der Waals surface area (Å²) in [5.41, 5.74) is 2.98. The van der Waals surface area contributed by atoms with Crippen molar-refractivity contribution in [3.8, 4) is 0 Å². The van der Waals surface area contributed by atoms with Crippen molar-refractivity contribution in [2.45, 2.75) is 45.9 Å². The van der Waals surface area contributed by atoms with Crippen LogP contribution in [-0.4, -0.2) is 30.5 Å². The maximum Gasteiger partial charge on any atom is 0.323 e. The van der Waals surface area contributed by atoms with Crippen LogP contribution in [0, 0.1) is 12.7 Å². The first-order chi connectivity index (χ1) is 16.0. The Bertz CT molecular complexity index is 1450. The summed E-state index contributed by atoms with van der Waals surface area (Å²) in [4.78, 5) is 23.9. The van der Waals surface area contributed by atoms with Crippen molar-refractivity contribution in [1.82, 2.24) is 14.3 Å². The lowest BCUT2D eigenvalue weighted by Gasteiger charge is -2.18. The molecule has 34 heavy (non-hydrogen) atoms. The summed E-state index contributed by atoms with van der Waals surface area (Å²) < 4.78 is 17.0. The summed E-state index contributed by atoms with van der Waals surface area (Å²) >= 11 is 0. The second-order valence-corrected chi connectivity index (χ2v) is 8.96. The van der Waals surface area contributed by atoms with Crippen molar-refractivity contribution in [2.24, 2.45) is 0 Å². The molecule has 0 radical (unpaired) electrons. The molecule has 0 aliphatic rings. The molecule has 0 aliphatic heterocycles. The number of hydrogen-bond acceptors (Lipinski definition) is 4. The Kier molecular flexibility index (Phi) is 6.10. The van der Waals surface area contributed by atoms with Crippen molar-refractivity contribution >= 4 is 16.9 Å². The number of aliphatic hydroxyl groups is 1. The fraction of sp³-hybridized carbons (Fsp3) is 0.269. The summed E-state index contributed by atoms with van der Waals surface area (Å²) in [6, 6.07) is 14.7. The van der Waals surface area contributed by atoms with E-state index >= 15 is 0 Å². The number of carbonyl (C=O) groups is 1. The Labute approximate surface area is 195 Å². The molecule has 4 aromatic rings. The number of hydrogen-bond donors (Lipinski definition) is 2. The number of aromatic nitrogens is 3. The van der Waals surface area contributed by atoms with E-state index in [1.54, 1.807) is 37.5 Å². The number of fused-ring (bicyclic) bond motifs is 1. The van der Waals surface area contributed by atoms with Gasteiger partial charge in [0, 0.05) is 29.1 Å². The minimum Gasteiger partial charge on any atom is -0.480 e. The van der Waals surface area contributed by atoms with Gasteiger partial charge in [0.25, 0.3) is 5.56 Å². The highest BCUT2D eigenvalue weighted by Crippen LogP contribution is 2.28. The Morgan fingerprint density at radius 1 is 1.12 bits per heavy atom. The van der Waals surface area contributed by atoms with E-state index in [0.717, 1.165) is 16.7 Å². The third-order valence-electron chi connectivity index (χ3n) is 5.96. The molecular weight excluding hydrogens is 437 g/mol. The maximum absolute atomic E-state index is 14.0. The molecule has 0 saturated carbocycles. The summed E-state index contributed by atoms with van der Waals surface area (Å²) in [6.07, 6.45) is 0.308. The number of nitrogens with zero attached hydrogens (tertiary/aromatic N) is 3. The topological polar surface area (TPSA) is 97.4 Å². The van der Waals surface area contributed by atoms with Crippen LogP contribution in [-0.2, 0) is 29.9 Å². The van der Waals surface area contributed by atoms with Crippen LogP contribution in [0.25, 0.3) is 10.9 Å². The van der Waals surface area contributed by atoms with Crippen LogP contribution >= 0.6 is 0 Å². The van der Waals surface area contributed by atoms with Gasteiger partial charge >= 0.3 is 5.97 Å². The summed E-state index contributed by atoms with van der Waals surface area (Å²) in [5, 5.41) is 24.7. The van der Waals surface area contributed by atoms with Gasteiger partial charge in [-0.05, 0) is 61.7 Å². The zero-order valence-electron chi connectivity index (χ0n) is 19.2. The molecule has 0 spiro atoms. The van der Waals surface area contributed by atoms with Crippen molar-refractivity contribution in [3.05, 3.63) is 98.8 Å². The molecule has 8 heteroatoms. The lowest BCUT2D eigenvalue weighted by molar-refractivity contribution is -0.137. The normalized spacial score (nSPS) is 11.8. The number of benzene rings is 2. The Morgan fingerprint density at radius 3 is 2.59 bits per heavy atom. The van der Waals surface area contributed by atoms with E-state index in [1.165, 1.54) is 22.9 Å². The molecule has 0 unspecified atom stereocenters. The molecule has 0 bridgehead atoms. The first-order valence-corrected chi connectivity index (χ1v) is 10.9. The first kappa shape index (κ1) is 23.4. The lowest BCUT2D eigenvalue weighted by Crippen LogP contribution is -2.24. The third-order valence-corrected chi connectivity index (χ3v) is 5.96. The van der Waals surface area contributed by atoms with Crippen LogP contribution in [0.15, 0.2) is 59.4 Å². The molecule has 0 fully saturated rings. The van der Waals surface area contributed by atoms with Crippen molar-refractivity contribution in [2.75, 3.05) is 0 Å². The maximum atomic E-state index is 14.0. The van der Waals surface area contributed by atoms with Crippen LogP contribution < -0.4 is 5.56 Å². The zero-order valence-corrected chi connectivity index (χ0v) is 19.2. The predicted molar refractivity (Wildman–Crippen MR) is 126 cm³/mol. The second kappa shape index (κ2) is 8.87. The molecule has 2 aromatic carbocycles. The van der Waals surface area contributed by atoms with E-state index in [4.69, 9.17) is 0 Å². The minimum atomic E-state index is -1.01. The highest BCUT2D eigenvalue weighted by molar-refractivity contribution is 5.87. The van der Waals surface area contributed by atoms with Crippen LogP contribution in [0.4, 0.5) is 4.39 Å². The van der Waals surface area contributed by atoms with Crippen LogP contribution in [0.3, 0.4) is 0 Å². The third kappa shape index (κ3) is 4.77.